The highest BCUT2D eigenvalue weighted by Gasteiger charge is 2.32. The van der Waals surface area contributed by atoms with Gasteiger partial charge in [-0.2, -0.15) is 0 Å². The molecular weight excluding hydrogens is 186 g/mol. The van der Waals surface area contributed by atoms with Crippen LogP contribution in [0.2, 0.25) is 0 Å². The van der Waals surface area contributed by atoms with Gasteiger partial charge in [-0.1, -0.05) is 26.7 Å². The molecule has 0 aromatic heterocycles. The summed E-state index contributed by atoms with van der Waals surface area (Å²) in [5.74, 6) is 2.14. The van der Waals surface area contributed by atoms with Gasteiger partial charge in [0.05, 0.1) is 0 Å². The standard InChI is InChI=1S/C13H23NO/c1-10-4-3-5-13(11(10)2)14-8-6-12(15)7-9-14/h10-11,13H,3-9H2,1-2H3. The molecule has 0 amide bonds. The molecule has 2 aliphatic rings. The first-order chi connectivity index (χ1) is 7.18. The van der Waals surface area contributed by atoms with Crippen LogP contribution in [-0.2, 0) is 4.79 Å². The molecule has 2 fully saturated rings. The van der Waals surface area contributed by atoms with E-state index in [-0.39, 0.29) is 0 Å². The minimum Gasteiger partial charge on any atom is -0.300 e. The molecule has 1 aliphatic carbocycles. The first-order valence-electron chi connectivity index (χ1n) is 6.44. The van der Waals surface area contributed by atoms with Crippen molar-refractivity contribution in [3.8, 4) is 0 Å². The zero-order valence-electron chi connectivity index (χ0n) is 10.0. The van der Waals surface area contributed by atoms with Crippen LogP contribution in [0.5, 0.6) is 0 Å². The second-order valence-corrected chi connectivity index (χ2v) is 5.41. The third-order valence-electron chi connectivity index (χ3n) is 4.49. The number of piperidine rings is 1. The zero-order valence-corrected chi connectivity index (χ0v) is 10.0. The van der Waals surface area contributed by atoms with Gasteiger partial charge in [-0.15, -0.1) is 0 Å². The molecule has 1 saturated heterocycles. The molecule has 0 aromatic carbocycles. The molecule has 0 spiro atoms. The molecule has 2 rings (SSSR count). The molecule has 15 heavy (non-hydrogen) atoms. The Labute approximate surface area is 93.0 Å². The lowest BCUT2D eigenvalue weighted by atomic mass is 9.77. The Balaban J connectivity index is 1.94. The molecule has 0 aromatic rings. The van der Waals surface area contributed by atoms with Crippen LogP contribution in [0.15, 0.2) is 0 Å². The summed E-state index contributed by atoms with van der Waals surface area (Å²) >= 11 is 0. The summed E-state index contributed by atoms with van der Waals surface area (Å²) in [5, 5.41) is 0. The Morgan fingerprint density at radius 2 is 1.80 bits per heavy atom. The highest BCUT2D eigenvalue weighted by Crippen LogP contribution is 2.33. The van der Waals surface area contributed by atoms with Crippen molar-refractivity contribution in [3.05, 3.63) is 0 Å². The van der Waals surface area contributed by atoms with E-state index in [0.29, 0.717) is 5.78 Å². The first kappa shape index (κ1) is 11.1. The van der Waals surface area contributed by atoms with Crippen LogP contribution in [0.4, 0.5) is 0 Å². The van der Waals surface area contributed by atoms with E-state index in [1.807, 2.05) is 0 Å². The summed E-state index contributed by atoms with van der Waals surface area (Å²) in [6, 6.07) is 0.752. The number of carbonyl (C=O) groups excluding carboxylic acids is 1. The maximum atomic E-state index is 11.2. The second kappa shape index (κ2) is 4.65. The summed E-state index contributed by atoms with van der Waals surface area (Å²) in [5.41, 5.74) is 0. The average molecular weight is 209 g/mol. The van der Waals surface area contributed by atoms with Crippen molar-refractivity contribution in [2.24, 2.45) is 11.8 Å². The number of hydrogen-bond acceptors (Lipinski definition) is 2. The number of hydrogen-bond donors (Lipinski definition) is 0. The van der Waals surface area contributed by atoms with Gasteiger partial charge < -0.3 is 0 Å². The summed E-state index contributed by atoms with van der Waals surface area (Å²) < 4.78 is 0. The Bertz CT molecular complexity index is 229. The maximum absolute atomic E-state index is 11.2. The third kappa shape index (κ3) is 2.41. The van der Waals surface area contributed by atoms with Crippen molar-refractivity contribution in [1.29, 1.82) is 0 Å². The van der Waals surface area contributed by atoms with Crippen molar-refractivity contribution >= 4 is 5.78 Å². The van der Waals surface area contributed by atoms with Gasteiger partial charge in [0.1, 0.15) is 5.78 Å². The van der Waals surface area contributed by atoms with E-state index in [1.165, 1.54) is 19.3 Å². The van der Waals surface area contributed by atoms with E-state index in [4.69, 9.17) is 0 Å². The lowest BCUT2D eigenvalue weighted by Crippen LogP contribution is -2.47. The Kier molecular flexibility index (Phi) is 3.45. The SMILES string of the molecule is CC1CCCC(N2CCC(=O)CC2)C1C. The predicted molar refractivity (Wildman–Crippen MR) is 61.8 cm³/mol. The van der Waals surface area contributed by atoms with Gasteiger partial charge in [0.25, 0.3) is 0 Å². The maximum Gasteiger partial charge on any atom is 0.135 e. The van der Waals surface area contributed by atoms with Gasteiger partial charge in [0, 0.05) is 32.0 Å². The topological polar surface area (TPSA) is 20.3 Å². The highest BCUT2D eigenvalue weighted by molar-refractivity contribution is 5.79. The van der Waals surface area contributed by atoms with Crippen LogP contribution in [0.25, 0.3) is 0 Å². The molecule has 3 atom stereocenters. The Morgan fingerprint density at radius 3 is 2.47 bits per heavy atom. The van der Waals surface area contributed by atoms with E-state index in [2.05, 4.69) is 18.7 Å². The predicted octanol–water partition coefficient (Wildman–Crippen LogP) is 2.48. The van der Waals surface area contributed by atoms with Gasteiger partial charge >= 0.3 is 0 Å². The van der Waals surface area contributed by atoms with Gasteiger partial charge in [-0.05, 0) is 18.3 Å². The van der Waals surface area contributed by atoms with Crippen LogP contribution in [0, 0.1) is 11.8 Å². The number of likely N-dealkylation sites (tertiary alicyclic amines) is 1. The largest absolute Gasteiger partial charge is 0.300 e. The molecule has 0 radical (unpaired) electrons. The lowest BCUT2D eigenvalue weighted by Gasteiger charge is -2.43. The summed E-state index contributed by atoms with van der Waals surface area (Å²) in [6.07, 6.45) is 5.69. The quantitative estimate of drug-likeness (QED) is 0.661. The molecule has 1 saturated carbocycles. The number of nitrogens with zero attached hydrogens (tertiary/aromatic N) is 1. The molecule has 86 valence electrons. The number of Topliss-reactive ketones (excluding diaryl/α,β-unsaturated/α-hetero) is 1. The fraction of sp³-hybridized carbons (Fsp3) is 0.923. The van der Waals surface area contributed by atoms with Gasteiger partial charge in [0.2, 0.25) is 0 Å². The Hall–Kier alpha value is -0.370. The van der Waals surface area contributed by atoms with Crippen molar-refractivity contribution in [2.75, 3.05) is 13.1 Å². The van der Waals surface area contributed by atoms with Crippen LogP contribution < -0.4 is 0 Å². The van der Waals surface area contributed by atoms with Crippen molar-refractivity contribution in [1.82, 2.24) is 4.90 Å². The van der Waals surface area contributed by atoms with E-state index in [1.54, 1.807) is 0 Å². The molecular formula is C13H23NO. The van der Waals surface area contributed by atoms with Gasteiger partial charge in [-0.25, -0.2) is 0 Å². The fourth-order valence-corrected chi connectivity index (χ4v) is 3.17. The Morgan fingerprint density at radius 1 is 1.13 bits per heavy atom. The number of ketones is 1. The lowest BCUT2D eigenvalue weighted by molar-refractivity contribution is -0.122. The fourth-order valence-electron chi connectivity index (χ4n) is 3.17. The highest BCUT2D eigenvalue weighted by atomic mass is 16.1. The van der Waals surface area contributed by atoms with E-state index in [0.717, 1.165) is 43.8 Å². The molecule has 1 heterocycles. The van der Waals surface area contributed by atoms with Crippen molar-refractivity contribution in [3.63, 3.8) is 0 Å². The number of carbonyl (C=O) groups is 1. The van der Waals surface area contributed by atoms with E-state index < -0.39 is 0 Å². The van der Waals surface area contributed by atoms with Crippen LogP contribution in [0.3, 0.4) is 0 Å². The van der Waals surface area contributed by atoms with E-state index in [9.17, 15) is 4.79 Å². The summed E-state index contributed by atoms with van der Waals surface area (Å²) in [4.78, 5) is 13.8. The molecule has 2 heteroatoms. The molecule has 2 nitrogen and oxygen atoms in total. The minimum atomic E-state index is 0.461. The molecule has 1 aliphatic heterocycles. The van der Waals surface area contributed by atoms with Crippen molar-refractivity contribution < 1.29 is 4.79 Å². The van der Waals surface area contributed by atoms with Crippen molar-refractivity contribution in [2.45, 2.75) is 52.0 Å². The normalized spacial score (nSPS) is 39.3. The summed E-state index contributed by atoms with van der Waals surface area (Å²) in [6.45, 7) is 6.80. The monoisotopic (exact) mass is 209 g/mol. The zero-order chi connectivity index (χ0) is 10.8. The summed E-state index contributed by atoms with van der Waals surface area (Å²) in [7, 11) is 0. The van der Waals surface area contributed by atoms with Gasteiger partial charge in [0.15, 0.2) is 0 Å². The average Bonchev–Trinajstić information content (AvgIpc) is 2.24. The smallest absolute Gasteiger partial charge is 0.135 e. The van der Waals surface area contributed by atoms with E-state index >= 15 is 0 Å². The van der Waals surface area contributed by atoms with Gasteiger partial charge in [-0.3, -0.25) is 9.69 Å². The third-order valence-corrected chi connectivity index (χ3v) is 4.49. The van der Waals surface area contributed by atoms with Crippen LogP contribution in [0.1, 0.15) is 46.0 Å². The van der Waals surface area contributed by atoms with Crippen LogP contribution >= 0.6 is 0 Å². The second-order valence-electron chi connectivity index (χ2n) is 5.41. The number of rotatable bonds is 1. The minimum absolute atomic E-state index is 0.461. The molecule has 0 bridgehead atoms. The van der Waals surface area contributed by atoms with Crippen LogP contribution in [-0.4, -0.2) is 29.8 Å². The molecule has 0 N–H and O–H groups in total. The molecule has 3 unspecified atom stereocenters. The first-order valence-corrected chi connectivity index (χ1v) is 6.44.